The van der Waals surface area contributed by atoms with Gasteiger partial charge in [0.25, 0.3) is 0 Å². The number of nitrogens with zero attached hydrogens (tertiary/aromatic N) is 2. The fourth-order valence-electron chi connectivity index (χ4n) is 0.809. The van der Waals surface area contributed by atoms with Gasteiger partial charge in [0.05, 0.1) is 30.4 Å². The highest BCUT2D eigenvalue weighted by Gasteiger charge is 2.03. The van der Waals surface area contributed by atoms with E-state index < -0.39 is 0 Å². The van der Waals surface area contributed by atoms with E-state index in [4.69, 9.17) is 21.6 Å². The first-order chi connectivity index (χ1) is 5.81. The molecule has 0 amide bonds. The number of rotatable bonds is 2. The minimum Gasteiger partial charge on any atom is -0.494 e. The second-order valence-corrected chi connectivity index (χ2v) is 2.39. The van der Waals surface area contributed by atoms with Crippen LogP contribution in [0.2, 0.25) is 0 Å². The number of hydrogen-bond acceptors (Lipinski definition) is 3. The second-order valence-electron chi connectivity index (χ2n) is 2.12. The molecule has 0 aliphatic rings. The molecule has 0 aromatic carbocycles. The van der Waals surface area contributed by atoms with Gasteiger partial charge in [0.1, 0.15) is 6.07 Å². The first-order valence-electron chi connectivity index (χ1n) is 3.30. The van der Waals surface area contributed by atoms with Crippen LogP contribution in [-0.2, 0) is 5.88 Å². The molecule has 4 heteroatoms. The zero-order chi connectivity index (χ0) is 8.97. The molecule has 0 atom stereocenters. The molecule has 62 valence electrons. The molecule has 0 aliphatic carbocycles. The van der Waals surface area contributed by atoms with Crippen LogP contribution in [0.15, 0.2) is 12.3 Å². The molecule has 0 N–H and O–H groups in total. The lowest BCUT2D eigenvalue weighted by atomic mass is 10.2. The van der Waals surface area contributed by atoms with Crippen molar-refractivity contribution in [3.05, 3.63) is 23.5 Å². The summed E-state index contributed by atoms with van der Waals surface area (Å²) in [5.41, 5.74) is 1.14. The molecule has 1 aromatic heterocycles. The Morgan fingerprint density at radius 3 is 3.00 bits per heavy atom. The van der Waals surface area contributed by atoms with Gasteiger partial charge < -0.3 is 4.74 Å². The van der Waals surface area contributed by atoms with Crippen molar-refractivity contribution in [3.8, 4) is 11.8 Å². The van der Waals surface area contributed by atoms with Crippen LogP contribution in [0.1, 0.15) is 11.3 Å². The summed E-state index contributed by atoms with van der Waals surface area (Å²) in [4.78, 5) is 3.97. The SMILES string of the molecule is COc1cnc(CCl)cc1C#N. The van der Waals surface area contributed by atoms with E-state index >= 15 is 0 Å². The van der Waals surface area contributed by atoms with Crippen LogP contribution < -0.4 is 4.74 Å². The molecule has 1 rings (SSSR count). The van der Waals surface area contributed by atoms with Gasteiger partial charge in [0.15, 0.2) is 5.75 Å². The third kappa shape index (κ3) is 1.66. The van der Waals surface area contributed by atoms with Crippen LogP contribution in [0.4, 0.5) is 0 Å². The Balaban J connectivity index is 3.13. The number of hydrogen-bond donors (Lipinski definition) is 0. The quantitative estimate of drug-likeness (QED) is 0.654. The maximum atomic E-state index is 8.67. The number of ether oxygens (including phenoxy) is 1. The molecule has 0 radical (unpaired) electrons. The van der Waals surface area contributed by atoms with Crippen molar-refractivity contribution >= 4 is 11.6 Å². The van der Waals surface area contributed by atoms with E-state index in [1.807, 2.05) is 6.07 Å². The predicted molar refractivity (Wildman–Crippen MR) is 45.1 cm³/mol. The maximum Gasteiger partial charge on any atom is 0.154 e. The van der Waals surface area contributed by atoms with E-state index in [1.165, 1.54) is 13.3 Å². The lowest BCUT2D eigenvalue weighted by Gasteiger charge is -2.01. The van der Waals surface area contributed by atoms with Gasteiger partial charge in [-0.3, -0.25) is 4.98 Å². The van der Waals surface area contributed by atoms with Crippen LogP contribution in [0.25, 0.3) is 0 Å². The van der Waals surface area contributed by atoms with E-state index in [1.54, 1.807) is 6.07 Å². The van der Waals surface area contributed by atoms with E-state index in [0.717, 1.165) is 0 Å². The molecule has 0 fully saturated rings. The Bertz CT molecular complexity index is 319. The van der Waals surface area contributed by atoms with Crippen molar-refractivity contribution in [1.29, 1.82) is 5.26 Å². The summed E-state index contributed by atoms with van der Waals surface area (Å²) in [6.07, 6.45) is 1.50. The summed E-state index contributed by atoms with van der Waals surface area (Å²) >= 11 is 5.54. The standard InChI is InChI=1S/C8H7ClN2O/c1-12-8-5-11-7(3-9)2-6(8)4-10/h2,5H,3H2,1H3. The summed E-state index contributed by atoms with van der Waals surface area (Å²) in [5.74, 6) is 0.782. The van der Waals surface area contributed by atoms with Gasteiger partial charge in [-0.2, -0.15) is 5.26 Å². The summed E-state index contributed by atoms with van der Waals surface area (Å²) in [7, 11) is 1.50. The molecular formula is C8H7ClN2O. The summed E-state index contributed by atoms with van der Waals surface area (Å²) in [6.45, 7) is 0. The van der Waals surface area contributed by atoms with Gasteiger partial charge in [-0.1, -0.05) is 0 Å². The van der Waals surface area contributed by atoms with Crippen molar-refractivity contribution in [2.45, 2.75) is 5.88 Å². The van der Waals surface area contributed by atoms with Crippen LogP contribution in [-0.4, -0.2) is 12.1 Å². The number of nitriles is 1. The molecule has 0 bridgehead atoms. The number of halogens is 1. The molecule has 0 unspecified atom stereocenters. The zero-order valence-electron chi connectivity index (χ0n) is 6.54. The summed E-state index contributed by atoms with van der Waals surface area (Å²) in [6, 6.07) is 3.61. The van der Waals surface area contributed by atoms with E-state index in [0.29, 0.717) is 22.9 Å². The molecular weight excluding hydrogens is 176 g/mol. The minimum absolute atomic E-state index is 0.304. The lowest BCUT2D eigenvalue weighted by Crippen LogP contribution is -1.92. The lowest BCUT2D eigenvalue weighted by molar-refractivity contribution is 0.411. The van der Waals surface area contributed by atoms with Crippen molar-refractivity contribution in [1.82, 2.24) is 4.98 Å². The molecule has 0 aliphatic heterocycles. The van der Waals surface area contributed by atoms with Crippen LogP contribution in [0.5, 0.6) is 5.75 Å². The van der Waals surface area contributed by atoms with Crippen molar-refractivity contribution in [2.24, 2.45) is 0 Å². The number of alkyl halides is 1. The van der Waals surface area contributed by atoms with Gasteiger partial charge in [-0.15, -0.1) is 11.6 Å². The topological polar surface area (TPSA) is 45.9 Å². The fourth-order valence-corrected chi connectivity index (χ4v) is 0.955. The Kier molecular flexibility index (Phi) is 2.89. The summed E-state index contributed by atoms with van der Waals surface area (Å²) < 4.78 is 4.91. The molecule has 3 nitrogen and oxygen atoms in total. The van der Waals surface area contributed by atoms with Gasteiger partial charge in [0.2, 0.25) is 0 Å². The fraction of sp³-hybridized carbons (Fsp3) is 0.250. The Hall–Kier alpha value is -1.27. The molecule has 1 heterocycles. The number of methoxy groups -OCH3 is 1. The van der Waals surface area contributed by atoms with E-state index in [9.17, 15) is 0 Å². The zero-order valence-corrected chi connectivity index (χ0v) is 7.30. The average Bonchev–Trinajstić information content (AvgIpc) is 2.16. The normalized spacial score (nSPS) is 9.08. The van der Waals surface area contributed by atoms with Crippen molar-refractivity contribution in [2.75, 3.05) is 7.11 Å². The third-order valence-electron chi connectivity index (χ3n) is 1.40. The first-order valence-corrected chi connectivity index (χ1v) is 3.84. The van der Waals surface area contributed by atoms with Gasteiger partial charge in [-0.05, 0) is 6.07 Å². The molecule has 0 saturated heterocycles. The van der Waals surface area contributed by atoms with E-state index in [2.05, 4.69) is 4.98 Å². The first kappa shape index (κ1) is 8.82. The highest BCUT2D eigenvalue weighted by Crippen LogP contribution is 2.16. The highest BCUT2D eigenvalue weighted by atomic mass is 35.5. The second kappa shape index (κ2) is 3.93. The molecule has 0 saturated carbocycles. The monoisotopic (exact) mass is 182 g/mol. The van der Waals surface area contributed by atoms with E-state index in [-0.39, 0.29) is 0 Å². The highest BCUT2D eigenvalue weighted by molar-refractivity contribution is 6.16. The number of pyridine rings is 1. The average molecular weight is 183 g/mol. The maximum absolute atomic E-state index is 8.67. The Morgan fingerprint density at radius 1 is 1.75 bits per heavy atom. The van der Waals surface area contributed by atoms with Crippen molar-refractivity contribution in [3.63, 3.8) is 0 Å². The number of aromatic nitrogens is 1. The van der Waals surface area contributed by atoms with Crippen LogP contribution in [0.3, 0.4) is 0 Å². The van der Waals surface area contributed by atoms with Gasteiger partial charge in [-0.25, -0.2) is 0 Å². The summed E-state index contributed by atoms with van der Waals surface area (Å²) in [5, 5.41) is 8.67. The molecule has 12 heavy (non-hydrogen) atoms. The Labute approximate surface area is 75.6 Å². The third-order valence-corrected chi connectivity index (χ3v) is 1.68. The van der Waals surface area contributed by atoms with Gasteiger partial charge >= 0.3 is 0 Å². The predicted octanol–water partition coefficient (Wildman–Crippen LogP) is 1.70. The largest absolute Gasteiger partial charge is 0.494 e. The van der Waals surface area contributed by atoms with Crippen LogP contribution >= 0.6 is 11.6 Å². The minimum atomic E-state index is 0.304. The molecule has 0 spiro atoms. The van der Waals surface area contributed by atoms with Crippen LogP contribution in [0, 0.1) is 11.3 Å². The van der Waals surface area contributed by atoms with Crippen molar-refractivity contribution < 1.29 is 4.74 Å². The molecule has 1 aromatic rings. The van der Waals surface area contributed by atoms with Gasteiger partial charge in [0, 0.05) is 0 Å². The smallest absolute Gasteiger partial charge is 0.154 e. The Morgan fingerprint density at radius 2 is 2.50 bits per heavy atom.